The van der Waals surface area contributed by atoms with Crippen LogP contribution in [0.5, 0.6) is 0 Å². The topological polar surface area (TPSA) is 47.1 Å². The zero-order valence-electron chi connectivity index (χ0n) is 11.6. The van der Waals surface area contributed by atoms with Crippen molar-refractivity contribution in [1.82, 2.24) is 14.5 Å². The molecule has 2 rings (SSSR count). The van der Waals surface area contributed by atoms with Gasteiger partial charge in [0.2, 0.25) is 5.95 Å². The summed E-state index contributed by atoms with van der Waals surface area (Å²) in [5.74, 6) is 0.613. The third-order valence-electron chi connectivity index (χ3n) is 3.31. The second-order valence-electron chi connectivity index (χ2n) is 5.27. The number of aromatic nitrogens is 2. The maximum absolute atomic E-state index is 6.05. The Hall–Kier alpha value is -1.55. The number of nitrogens with zero attached hydrogens (tertiary/aromatic N) is 3. The molecule has 1 atom stereocenters. The van der Waals surface area contributed by atoms with Crippen LogP contribution in [0.15, 0.2) is 18.2 Å². The number of nitrogens with two attached hydrogens (primary N) is 1. The lowest BCUT2D eigenvalue weighted by molar-refractivity contribution is 0.362. The van der Waals surface area contributed by atoms with E-state index in [0.29, 0.717) is 12.0 Å². The Labute approximate surface area is 108 Å². The minimum atomic E-state index is 0.361. The van der Waals surface area contributed by atoms with Crippen LogP contribution in [-0.4, -0.2) is 35.1 Å². The minimum absolute atomic E-state index is 0.361. The average molecular weight is 246 g/mol. The number of hydrogen-bond acceptors (Lipinski definition) is 3. The van der Waals surface area contributed by atoms with Gasteiger partial charge in [0.15, 0.2) is 0 Å². The van der Waals surface area contributed by atoms with Crippen LogP contribution < -0.4 is 5.73 Å². The van der Waals surface area contributed by atoms with E-state index >= 15 is 0 Å². The van der Waals surface area contributed by atoms with Crippen molar-refractivity contribution in [2.75, 3.05) is 26.4 Å². The molecule has 0 aliphatic heterocycles. The van der Waals surface area contributed by atoms with Gasteiger partial charge in [-0.1, -0.05) is 6.07 Å². The lowest BCUT2D eigenvalue weighted by Gasteiger charge is -2.18. The molecule has 0 fully saturated rings. The first kappa shape index (κ1) is 12.9. The van der Waals surface area contributed by atoms with Crippen molar-refractivity contribution in [2.24, 2.45) is 0 Å². The molecule has 1 heterocycles. The quantitative estimate of drug-likeness (QED) is 0.901. The van der Waals surface area contributed by atoms with Crippen LogP contribution in [0.2, 0.25) is 0 Å². The van der Waals surface area contributed by atoms with Crippen molar-refractivity contribution in [1.29, 1.82) is 0 Å². The molecule has 0 aliphatic rings. The zero-order chi connectivity index (χ0) is 13.3. The maximum atomic E-state index is 6.05. The van der Waals surface area contributed by atoms with Gasteiger partial charge >= 0.3 is 0 Å². The summed E-state index contributed by atoms with van der Waals surface area (Å²) in [6.07, 6.45) is 1.07. The monoisotopic (exact) mass is 246 g/mol. The van der Waals surface area contributed by atoms with Crippen molar-refractivity contribution in [3.8, 4) is 0 Å². The third-order valence-corrected chi connectivity index (χ3v) is 3.31. The highest BCUT2D eigenvalue weighted by molar-refractivity contribution is 5.79. The van der Waals surface area contributed by atoms with Gasteiger partial charge in [-0.15, -0.1) is 0 Å². The first-order valence-electron chi connectivity index (χ1n) is 6.38. The molecule has 1 aromatic carbocycles. The Balaban J connectivity index is 2.34. The van der Waals surface area contributed by atoms with Gasteiger partial charge in [-0.25, -0.2) is 4.98 Å². The molecule has 0 amide bonds. The second-order valence-corrected chi connectivity index (χ2v) is 5.27. The molecule has 1 aromatic heterocycles. The summed E-state index contributed by atoms with van der Waals surface area (Å²) >= 11 is 0. The van der Waals surface area contributed by atoms with E-state index in [4.69, 9.17) is 5.73 Å². The molecule has 18 heavy (non-hydrogen) atoms. The van der Waals surface area contributed by atoms with Gasteiger partial charge in [0, 0.05) is 6.04 Å². The Kier molecular flexibility index (Phi) is 3.57. The van der Waals surface area contributed by atoms with Gasteiger partial charge in [0.25, 0.3) is 0 Å². The van der Waals surface area contributed by atoms with E-state index in [1.54, 1.807) is 0 Å². The standard InChI is InChI=1S/C14H22N4/c1-10-5-6-13-12(9-10)16-14(15)18(13)11(2)7-8-17(3)4/h5-6,9,11H,7-8H2,1-4H3,(H2,15,16). The smallest absolute Gasteiger partial charge is 0.201 e. The first-order chi connectivity index (χ1) is 8.49. The molecule has 0 saturated heterocycles. The molecular formula is C14H22N4. The van der Waals surface area contributed by atoms with Crippen LogP contribution in [0.25, 0.3) is 11.0 Å². The highest BCUT2D eigenvalue weighted by atomic mass is 15.2. The van der Waals surface area contributed by atoms with Crippen molar-refractivity contribution in [3.63, 3.8) is 0 Å². The molecule has 4 nitrogen and oxygen atoms in total. The van der Waals surface area contributed by atoms with Gasteiger partial charge in [0.1, 0.15) is 0 Å². The third kappa shape index (κ3) is 2.48. The van der Waals surface area contributed by atoms with Crippen molar-refractivity contribution in [2.45, 2.75) is 26.3 Å². The molecule has 2 aromatic rings. The molecule has 98 valence electrons. The number of imidazole rings is 1. The molecule has 0 spiro atoms. The Morgan fingerprint density at radius 1 is 1.39 bits per heavy atom. The van der Waals surface area contributed by atoms with Crippen LogP contribution in [0.1, 0.15) is 24.9 Å². The molecule has 1 unspecified atom stereocenters. The molecule has 0 radical (unpaired) electrons. The predicted molar refractivity (Wildman–Crippen MR) is 76.8 cm³/mol. The fraction of sp³-hybridized carbons (Fsp3) is 0.500. The van der Waals surface area contributed by atoms with Crippen LogP contribution in [-0.2, 0) is 0 Å². The highest BCUT2D eigenvalue weighted by Gasteiger charge is 2.13. The zero-order valence-corrected chi connectivity index (χ0v) is 11.6. The van der Waals surface area contributed by atoms with Gasteiger partial charge < -0.3 is 15.2 Å². The fourth-order valence-corrected chi connectivity index (χ4v) is 2.26. The van der Waals surface area contributed by atoms with E-state index in [1.165, 1.54) is 5.56 Å². The largest absolute Gasteiger partial charge is 0.369 e. The number of hydrogen-bond donors (Lipinski definition) is 1. The lowest BCUT2D eigenvalue weighted by atomic mass is 10.2. The van der Waals surface area contributed by atoms with Crippen LogP contribution in [0.3, 0.4) is 0 Å². The van der Waals surface area contributed by atoms with Crippen LogP contribution in [0.4, 0.5) is 5.95 Å². The normalized spacial score (nSPS) is 13.4. The number of aryl methyl sites for hydroxylation is 1. The summed E-state index contributed by atoms with van der Waals surface area (Å²) in [6.45, 7) is 5.32. The van der Waals surface area contributed by atoms with E-state index in [1.807, 2.05) is 0 Å². The van der Waals surface area contributed by atoms with Gasteiger partial charge in [-0.3, -0.25) is 0 Å². The van der Waals surface area contributed by atoms with Crippen LogP contribution in [0, 0.1) is 6.92 Å². The molecule has 2 N–H and O–H groups in total. The van der Waals surface area contributed by atoms with Crippen molar-refractivity contribution in [3.05, 3.63) is 23.8 Å². The molecule has 0 bridgehead atoms. The maximum Gasteiger partial charge on any atom is 0.201 e. The molecule has 4 heteroatoms. The van der Waals surface area contributed by atoms with E-state index in [-0.39, 0.29) is 0 Å². The summed E-state index contributed by atoms with van der Waals surface area (Å²) in [7, 11) is 4.18. The Morgan fingerprint density at radius 3 is 2.78 bits per heavy atom. The summed E-state index contributed by atoms with van der Waals surface area (Å²) < 4.78 is 2.14. The molecule has 0 aliphatic carbocycles. The molecular weight excluding hydrogens is 224 g/mol. The Bertz CT molecular complexity index is 542. The number of anilines is 1. The molecule has 0 saturated carbocycles. The van der Waals surface area contributed by atoms with E-state index in [0.717, 1.165) is 24.0 Å². The van der Waals surface area contributed by atoms with Gasteiger partial charge in [-0.05, 0) is 58.6 Å². The minimum Gasteiger partial charge on any atom is -0.369 e. The van der Waals surface area contributed by atoms with Crippen molar-refractivity contribution < 1.29 is 0 Å². The average Bonchev–Trinajstić information content (AvgIpc) is 2.61. The number of nitrogen functional groups attached to an aromatic ring is 1. The Morgan fingerprint density at radius 2 is 2.11 bits per heavy atom. The number of benzene rings is 1. The van der Waals surface area contributed by atoms with Gasteiger partial charge in [0.05, 0.1) is 11.0 Å². The van der Waals surface area contributed by atoms with Gasteiger partial charge in [-0.2, -0.15) is 0 Å². The van der Waals surface area contributed by atoms with E-state index in [2.05, 4.69) is 60.6 Å². The number of rotatable bonds is 4. The number of fused-ring (bicyclic) bond motifs is 1. The summed E-state index contributed by atoms with van der Waals surface area (Å²) in [6, 6.07) is 6.67. The van der Waals surface area contributed by atoms with E-state index < -0.39 is 0 Å². The summed E-state index contributed by atoms with van der Waals surface area (Å²) in [5, 5.41) is 0. The SMILES string of the molecule is Cc1ccc2c(c1)nc(N)n2C(C)CCN(C)C. The lowest BCUT2D eigenvalue weighted by Crippen LogP contribution is -2.18. The summed E-state index contributed by atoms with van der Waals surface area (Å²) in [4.78, 5) is 6.64. The predicted octanol–water partition coefficient (Wildman–Crippen LogP) is 2.44. The fourth-order valence-electron chi connectivity index (χ4n) is 2.26. The highest BCUT2D eigenvalue weighted by Crippen LogP contribution is 2.25. The van der Waals surface area contributed by atoms with Crippen LogP contribution >= 0.6 is 0 Å². The first-order valence-corrected chi connectivity index (χ1v) is 6.38. The summed E-state index contributed by atoms with van der Waals surface area (Å²) in [5.41, 5.74) is 9.38. The van der Waals surface area contributed by atoms with E-state index in [9.17, 15) is 0 Å². The van der Waals surface area contributed by atoms with Crippen molar-refractivity contribution >= 4 is 17.0 Å². The second kappa shape index (κ2) is 4.98.